The first-order valence-electron chi connectivity index (χ1n) is 4.80. The van der Waals surface area contributed by atoms with E-state index >= 15 is 0 Å². The van der Waals surface area contributed by atoms with Crippen molar-refractivity contribution in [2.75, 3.05) is 14.1 Å². The van der Waals surface area contributed by atoms with Gasteiger partial charge < -0.3 is 5.01 Å². The van der Waals surface area contributed by atoms with Gasteiger partial charge in [0.25, 0.3) is 0 Å². The number of carbonyl (C=O) groups is 2. The van der Waals surface area contributed by atoms with E-state index in [1.54, 1.807) is 19.1 Å². The molecular weight excluding hydrogens is 180 g/mol. The molecule has 0 N–H and O–H groups in total. The van der Waals surface area contributed by atoms with Crippen LogP contribution in [0.4, 0.5) is 0 Å². The Balaban J connectivity index is 2.91. The Morgan fingerprint density at radius 1 is 1.43 bits per heavy atom. The standard InChI is InChI=1S/C10H16N2O2/c1-7(13)10-8(11-12(2)3)5-4-6-9(10)14/h10H,4-6H2,1-3H3/b11-8+. The van der Waals surface area contributed by atoms with E-state index in [4.69, 9.17) is 0 Å². The molecule has 1 aliphatic rings. The first-order chi connectivity index (χ1) is 6.52. The number of carbonyl (C=O) groups excluding carboxylic acids is 2. The fourth-order valence-electron chi connectivity index (χ4n) is 1.74. The molecule has 0 aromatic rings. The van der Waals surface area contributed by atoms with Crippen molar-refractivity contribution in [3.05, 3.63) is 0 Å². The van der Waals surface area contributed by atoms with Crippen LogP contribution in [0.15, 0.2) is 5.10 Å². The Morgan fingerprint density at radius 2 is 2.07 bits per heavy atom. The number of rotatable bonds is 2. The van der Waals surface area contributed by atoms with Crippen LogP contribution in [-0.4, -0.2) is 36.4 Å². The van der Waals surface area contributed by atoms with Gasteiger partial charge in [0, 0.05) is 20.5 Å². The van der Waals surface area contributed by atoms with Gasteiger partial charge in [0.2, 0.25) is 0 Å². The SMILES string of the molecule is CC(=O)C1C(=O)CCC/C1=N\N(C)C. The van der Waals surface area contributed by atoms with Crippen molar-refractivity contribution in [3.8, 4) is 0 Å². The van der Waals surface area contributed by atoms with Crippen LogP contribution >= 0.6 is 0 Å². The van der Waals surface area contributed by atoms with E-state index in [0.717, 1.165) is 18.6 Å². The number of hydrazone groups is 1. The van der Waals surface area contributed by atoms with Crippen LogP contribution in [-0.2, 0) is 9.59 Å². The Hall–Kier alpha value is -1.19. The van der Waals surface area contributed by atoms with Crippen molar-refractivity contribution >= 4 is 17.3 Å². The maximum absolute atomic E-state index is 11.5. The summed E-state index contributed by atoms with van der Waals surface area (Å²) in [5.41, 5.74) is 0.721. The minimum absolute atomic E-state index is 0.0179. The van der Waals surface area contributed by atoms with Crippen LogP contribution in [0.1, 0.15) is 26.2 Å². The number of nitrogens with zero attached hydrogens (tertiary/aromatic N) is 2. The van der Waals surface area contributed by atoms with E-state index in [9.17, 15) is 9.59 Å². The number of Topliss-reactive ketones (excluding diaryl/α,β-unsaturated/α-hetero) is 2. The Morgan fingerprint density at radius 3 is 2.57 bits per heavy atom. The fourth-order valence-corrected chi connectivity index (χ4v) is 1.74. The third kappa shape index (κ3) is 2.40. The van der Waals surface area contributed by atoms with Crippen molar-refractivity contribution in [1.29, 1.82) is 0 Å². The second kappa shape index (κ2) is 4.35. The van der Waals surface area contributed by atoms with Gasteiger partial charge in [-0.2, -0.15) is 5.10 Å². The molecule has 0 spiro atoms. The molecule has 0 heterocycles. The molecule has 0 saturated heterocycles. The molecule has 1 atom stereocenters. The minimum Gasteiger partial charge on any atom is -0.303 e. The van der Waals surface area contributed by atoms with E-state index in [1.165, 1.54) is 6.92 Å². The van der Waals surface area contributed by atoms with Crippen molar-refractivity contribution in [2.24, 2.45) is 11.0 Å². The summed E-state index contributed by atoms with van der Waals surface area (Å²) in [6, 6.07) is 0. The largest absolute Gasteiger partial charge is 0.303 e. The fraction of sp³-hybridized carbons (Fsp3) is 0.700. The molecule has 0 amide bonds. The van der Waals surface area contributed by atoms with Gasteiger partial charge in [0.15, 0.2) is 0 Å². The van der Waals surface area contributed by atoms with Gasteiger partial charge in [0.1, 0.15) is 17.5 Å². The number of hydrogen-bond donors (Lipinski definition) is 0. The van der Waals surface area contributed by atoms with Crippen LogP contribution in [0.3, 0.4) is 0 Å². The van der Waals surface area contributed by atoms with E-state index in [1.807, 2.05) is 0 Å². The third-order valence-corrected chi connectivity index (χ3v) is 2.25. The Labute approximate surface area is 84.0 Å². The summed E-state index contributed by atoms with van der Waals surface area (Å²) in [6.07, 6.45) is 2.08. The van der Waals surface area contributed by atoms with Crippen LogP contribution < -0.4 is 0 Å². The molecule has 1 unspecified atom stereocenters. The van der Waals surface area contributed by atoms with Crippen molar-refractivity contribution in [3.63, 3.8) is 0 Å². The van der Waals surface area contributed by atoms with Gasteiger partial charge >= 0.3 is 0 Å². The van der Waals surface area contributed by atoms with Crippen LogP contribution in [0.2, 0.25) is 0 Å². The summed E-state index contributed by atoms with van der Waals surface area (Å²) in [5, 5.41) is 5.84. The lowest BCUT2D eigenvalue weighted by Gasteiger charge is -2.21. The molecular formula is C10H16N2O2. The van der Waals surface area contributed by atoms with Gasteiger partial charge in [-0.3, -0.25) is 9.59 Å². The average molecular weight is 196 g/mol. The van der Waals surface area contributed by atoms with Crippen LogP contribution in [0, 0.1) is 5.92 Å². The zero-order chi connectivity index (χ0) is 10.7. The molecule has 78 valence electrons. The second-order valence-corrected chi connectivity index (χ2v) is 3.80. The third-order valence-electron chi connectivity index (χ3n) is 2.25. The average Bonchev–Trinajstić information content (AvgIpc) is 2.01. The van der Waals surface area contributed by atoms with Gasteiger partial charge in [-0.05, 0) is 19.8 Å². The van der Waals surface area contributed by atoms with E-state index in [0.29, 0.717) is 6.42 Å². The predicted octanol–water partition coefficient (Wildman–Crippen LogP) is 0.862. The summed E-state index contributed by atoms with van der Waals surface area (Å²) in [4.78, 5) is 22.8. The lowest BCUT2D eigenvalue weighted by Crippen LogP contribution is -2.35. The maximum atomic E-state index is 11.5. The highest BCUT2D eigenvalue weighted by Gasteiger charge is 2.32. The first-order valence-corrected chi connectivity index (χ1v) is 4.80. The molecule has 4 heteroatoms. The van der Waals surface area contributed by atoms with Gasteiger partial charge in [0.05, 0.1) is 5.71 Å². The highest BCUT2D eigenvalue weighted by molar-refractivity contribution is 6.21. The van der Waals surface area contributed by atoms with Crippen LogP contribution in [0.5, 0.6) is 0 Å². The molecule has 0 bridgehead atoms. The van der Waals surface area contributed by atoms with Crippen molar-refractivity contribution in [2.45, 2.75) is 26.2 Å². The van der Waals surface area contributed by atoms with E-state index < -0.39 is 5.92 Å². The molecule has 0 aliphatic heterocycles. The zero-order valence-electron chi connectivity index (χ0n) is 8.91. The van der Waals surface area contributed by atoms with Gasteiger partial charge in [-0.1, -0.05) is 0 Å². The molecule has 1 aliphatic carbocycles. The zero-order valence-corrected chi connectivity index (χ0v) is 8.91. The van der Waals surface area contributed by atoms with E-state index in [2.05, 4.69) is 5.10 Å². The summed E-state index contributed by atoms with van der Waals surface area (Å²) >= 11 is 0. The summed E-state index contributed by atoms with van der Waals surface area (Å²) < 4.78 is 0. The summed E-state index contributed by atoms with van der Waals surface area (Å²) in [7, 11) is 3.59. The maximum Gasteiger partial charge on any atom is 0.149 e. The Kier molecular flexibility index (Phi) is 3.38. The summed E-state index contributed by atoms with van der Waals surface area (Å²) in [6.45, 7) is 1.46. The minimum atomic E-state index is -0.578. The van der Waals surface area contributed by atoms with Crippen molar-refractivity contribution < 1.29 is 9.59 Å². The van der Waals surface area contributed by atoms with Crippen LogP contribution in [0.25, 0.3) is 0 Å². The highest BCUT2D eigenvalue weighted by Crippen LogP contribution is 2.19. The quantitative estimate of drug-likeness (QED) is 0.486. The lowest BCUT2D eigenvalue weighted by molar-refractivity contribution is -0.129. The molecule has 1 saturated carbocycles. The van der Waals surface area contributed by atoms with Gasteiger partial charge in [-0.15, -0.1) is 0 Å². The normalized spacial score (nSPS) is 25.2. The lowest BCUT2D eigenvalue weighted by atomic mass is 9.84. The Bertz CT molecular complexity index is 282. The molecule has 0 radical (unpaired) electrons. The van der Waals surface area contributed by atoms with Crippen molar-refractivity contribution in [1.82, 2.24) is 5.01 Å². The molecule has 1 rings (SSSR count). The highest BCUT2D eigenvalue weighted by atomic mass is 16.1. The van der Waals surface area contributed by atoms with Gasteiger partial charge in [-0.25, -0.2) is 0 Å². The molecule has 4 nitrogen and oxygen atoms in total. The second-order valence-electron chi connectivity index (χ2n) is 3.80. The number of ketones is 2. The molecule has 0 aromatic heterocycles. The molecule has 0 aromatic carbocycles. The van der Waals surface area contributed by atoms with E-state index in [-0.39, 0.29) is 11.6 Å². The number of hydrogen-bond acceptors (Lipinski definition) is 4. The predicted molar refractivity (Wildman–Crippen MR) is 54.2 cm³/mol. The smallest absolute Gasteiger partial charge is 0.149 e. The monoisotopic (exact) mass is 196 g/mol. The topological polar surface area (TPSA) is 49.7 Å². The molecule has 1 fully saturated rings. The summed E-state index contributed by atoms with van der Waals surface area (Å²) in [5.74, 6) is -0.647. The molecule has 14 heavy (non-hydrogen) atoms. The first kappa shape index (κ1) is 10.9.